The summed E-state index contributed by atoms with van der Waals surface area (Å²) >= 11 is 0. The SMILES string of the molecule is O=[N+]([O-])c1cc2[nH]c1c(-c1ccccc1)c1nc(c(-c3ccccc3)c3ccc([nH]3)c(-c3ccccc3)c3nc(c2-c2ccccc2)C=C3)-c2cc3ccccc3cc2-1. The Hall–Kier alpha value is -8.16. The summed E-state index contributed by atoms with van der Waals surface area (Å²) < 4.78 is 0. The van der Waals surface area contributed by atoms with Crippen molar-refractivity contribution >= 4 is 50.7 Å². The lowest BCUT2D eigenvalue weighted by atomic mass is 9.92. The number of H-pyrrole nitrogens is 2. The van der Waals surface area contributed by atoms with E-state index in [1.807, 2.05) is 121 Å². The molecule has 0 atom stereocenters. The molecule has 8 bridgehead atoms. The summed E-state index contributed by atoms with van der Waals surface area (Å²) in [6.07, 6.45) is 4.03. The summed E-state index contributed by atoms with van der Waals surface area (Å²) in [5.74, 6) is 0. The summed E-state index contributed by atoms with van der Waals surface area (Å²) in [6, 6.07) is 58.9. The molecule has 7 heteroatoms. The molecule has 9 aromatic rings. The fraction of sp³-hybridized carbons (Fsp3) is 0. The second kappa shape index (κ2) is 13.8. The molecule has 11 rings (SSSR count). The van der Waals surface area contributed by atoms with E-state index in [-0.39, 0.29) is 10.6 Å². The molecule has 0 spiro atoms. The average Bonchev–Trinajstić information content (AvgIpc) is 4.11. The van der Waals surface area contributed by atoms with E-state index >= 15 is 0 Å². The Bertz CT molecular complexity index is 3330. The van der Waals surface area contributed by atoms with Crippen LogP contribution in [0, 0.1) is 10.1 Å². The lowest BCUT2D eigenvalue weighted by molar-refractivity contribution is -0.382. The van der Waals surface area contributed by atoms with Crippen LogP contribution in [0.2, 0.25) is 0 Å². The van der Waals surface area contributed by atoms with E-state index in [1.165, 1.54) is 0 Å². The van der Waals surface area contributed by atoms with Crippen molar-refractivity contribution in [1.82, 2.24) is 19.9 Å². The molecule has 0 aliphatic carbocycles. The van der Waals surface area contributed by atoms with Crippen LogP contribution in [-0.2, 0) is 0 Å². The number of aromatic amines is 2. The van der Waals surface area contributed by atoms with Gasteiger partial charge in [0.15, 0.2) is 0 Å². The minimum absolute atomic E-state index is 0.0562. The third-order valence-corrected chi connectivity index (χ3v) is 11.2. The first-order valence-corrected chi connectivity index (χ1v) is 19.5. The van der Waals surface area contributed by atoms with Gasteiger partial charge in [-0.2, -0.15) is 0 Å². The van der Waals surface area contributed by atoms with Crippen molar-refractivity contribution in [2.24, 2.45) is 0 Å². The van der Waals surface area contributed by atoms with Gasteiger partial charge in [-0.25, -0.2) is 9.97 Å². The molecule has 7 nitrogen and oxygen atoms in total. The number of nitro groups is 1. The second-order valence-electron chi connectivity index (χ2n) is 14.7. The third-order valence-electron chi connectivity index (χ3n) is 11.2. The van der Waals surface area contributed by atoms with Gasteiger partial charge in [0.05, 0.1) is 33.2 Å². The van der Waals surface area contributed by atoms with Gasteiger partial charge in [-0.05, 0) is 69.4 Å². The highest BCUT2D eigenvalue weighted by molar-refractivity contribution is 6.09. The van der Waals surface area contributed by atoms with Gasteiger partial charge in [0.2, 0.25) is 0 Å². The fourth-order valence-electron chi connectivity index (χ4n) is 8.61. The zero-order valence-electron chi connectivity index (χ0n) is 31.6. The quantitative estimate of drug-likeness (QED) is 0.135. The molecule has 278 valence electrons. The first-order chi connectivity index (χ1) is 29.1. The molecular formula is C52H33N5O2. The van der Waals surface area contributed by atoms with E-state index in [0.29, 0.717) is 28.0 Å². The van der Waals surface area contributed by atoms with Gasteiger partial charge in [0.25, 0.3) is 5.69 Å². The Labute approximate surface area is 338 Å². The van der Waals surface area contributed by atoms with Crippen LogP contribution in [0.15, 0.2) is 176 Å². The average molecular weight is 760 g/mol. The standard InChI is InChI=1S/C52H33N5O2/c58-57(59)45-31-44-47(33-17-7-2-8-18-33)42-26-25-40(53-42)46(32-15-5-1-6-16-32)41-27-28-43(54-41)48(34-19-9-3-10-20-34)50-38-29-36-23-13-14-24-37(36)30-39(38)51(56-50)49(52(45)55-44)35-21-11-4-12-22-35/h1-31,54-55H. The van der Waals surface area contributed by atoms with Crippen LogP contribution in [0.1, 0.15) is 11.4 Å². The van der Waals surface area contributed by atoms with E-state index in [9.17, 15) is 10.1 Å². The number of nitrogens with zero attached hydrogens (tertiary/aromatic N) is 3. The summed E-state index contributed by atoms with van der Waals surface area (Å²) in [5.41, 5.74) is 14.2. The van der Waals surface area contributed by atoms with Crippen LogP contribution in [0.4, 0.5) is 5.69 Å². The molecule has 0 saturated carbocycles. The Morgan fingerprint density at radius 1 is 0.424 bits per heavy atom. The van der Waals surface area contributed by atoms with Crippen molar-refractivity contribution in [1.29, 1.82) is 0 Å². The van der Waals surface area contributed by atoms with Crippen LogP contribution < -0.4 is 0 Å². The zero-order chi connectivity index (χ0) is 39.5. The lowest BCUT2D eigenvalue weighted by Gasteiger charge is -2.09. The molecule has 59 heavy (non-hydrogen) atoms. The van der Waals surface area contributed by atoms with E-state index in [0.717, 1.165) is 83.3 Å². The number of fused-ring (bicyclic) bond motifs is 12. The maximum absolute atomic E-state index is 13.3. The number of hydrogen-bond donors (Lipinski definition) is 2. The van der Waals surface area contributed by atoms with E-state index in [4.69, 9.17) is 9.97 Å². The van der Waals surface area contributed by atoms with E-state index in [2.05, 4.69) is 70.6 Å². The van der Waals surface area contributed by atoms with Crippen molar-refractivity contribution in [2.75, 3.05) is 0 Å². The molecule has 3 aromatic heterocycles. The second-order valence-corrected chi connectivity index (χ2v) is 14.7. The van der Waals surface area contributed by atoms with E-state index < -0.39 is 0 Å². The molecule has 0 unspecified atom stereocenters. The molecule has 0 amide bonds. The molecule has 0 radical (unpaired) electrons. The normalized spacial score (nSPS) is 11.8. The smallest absolute Gasteiger partial charge is 0.295 e. The number of hydrogen-bond acceptors (Lipinski definition) is 4. The first-order valence-electron chi connectivity index (χ1n) is 19.5. The van der Waals surface area contributed by atoms with Gasteiger partial charge >= 0.3 is 0 Å². The Balaban J connectivity index is 1.43. The topological polar surface area (TPSA) is 100 Å². The van der Waals surface area contributed by atoms with Gasteiger partial charge in [-0.1, -0.05) is 146 Å². The van der Waals surface area contributed by atoms with Gasteiger partial charge in [0, 0.05) is 50.5 Å². The predicted molar refractivity (Wildman–Crippen MR) is 240 cm³/mol. The Morgan fingerprint density at radius 3 is 1.36 bits per heavy atom. The first kappa shape index (κ1) is 34.1. The molecule has 5 heterocycles. The van der Waals surface area contributed by atoms with Crippen molar-refractivity contribution in [3.63, 3.8) is 0 Å². The summed E-state index contributed by atoms with van der Waals surface area (Å²) in [4.78, 5) is 31.4. The van der Waals surface area contributed by atoms with E-state index in [1.54, 1.807) is 6.07 Å². The molecule has 2 aliphatic rings. The molecule has 6 aromatic carbocycles. The molecule has 0 fully saturated rings. The highest BCUT2D eigenvalue weighted by Crippen LogP contribution is 2.49. The van der Waals surface area contributed by atoms with Crippen LogP contribution in [0.25, 0.3) is 112 Å². The third kappa shape index (κ3) is 5.75. The fourth-order valence-corrected chi connectivity index (χ4v) is 8.61. The monoisotopic (exact) mass is 759 g/mol. The van der Waals surface area contributed by atoms with Gasteiger partial charge in [0.1, 0.15) is 5.52 Å². The van der Waals surface area contributed by atoms with Crippen LogP contribution >= 0.6 is 0 Å². The van der Waals surface area contributed by atoms with Gasteiger partial charge < -0.3 is 9.97 Å². The van der Waals surface area contributed by atoms with Crippen molar-refractivity contribution in [3.8, 4) is 67.0 Å². The number of aromatic nitrogens is 4. The maximum Gasteiger partial charge on any atom is 0.295 e. The van der Waals surface area contributed by atoms with Gasteiger partial charge in [-0.15, -0.1) is 0 Å². The molecule has 2 N–H and O–H groups in total. The van der Waals surface area contributed by atoms with Crippen LogP contribution in [0.3, 0.4) is 0 Å². The van der Waals surface area contributed by atoms with Crippen molar-refractivity contribution < 1.29 is 4.92 Å². The Kier molecular flexibility index (Phi) is 7.98. The highest BCUT2D eigenvalue weighted by atomic mass is 16.6. The Morgan fingerprint density at radius 2 is 0.847 bits per heavy atom. The number of nitrogens with one attached hydrogen (secondary N) is 2. The maximum atomic E-state index is 13.3. The molecular weight excluding hydrogens is 727 g/mol. The molecule has 0 saturated heterocycles. The summed E-state index contributed by atoms with van der Waals surface area (Å²) in [5, 5.41) is 15.4. The zero-order valence-corrected chi connectivity index (χ0v) is 31.6. The van der Waals surface area contributed by atoms with Crippen molar-refractivity contribution in [3.05, 3.63) is 197 Å². The lowest BCUT2D eigenvalue weighted by Crippen LogP contribution is -1.90. The van der Waals surface area contributed by atoms with Crippen LogP contribution in [0.5, 0.6) is 0 Å². The van der Waals surface area contributed by atoms with Crippen molar-refractivity contribution in [2.45, 2.75) is 0 Å². The van der Waals surface area contributed by atoms with Crippen LogP contribution in [-0.4, -0.2) is 24.9 Å². The highest BCUT2D eigenvalue weighted by Gasteiger charge is 2.29. The van der Waals surface area contributed by atoms with Gasteiger partial charge in [-0.3, -0.25) is 10.1 Å². The molecule has 2 aliphatic heterocycles. The summed E-state index contributed by atoms with van der Waals surface area (Å²) in [6.45, 7) is 0. The minimum Gasteiger partial charge on any atom is -0.354 e. The minimum atomic E-state index is -0.302. The predicted octanol–water partition coefficient (Wildman–Crippen LogP) is 13.5. The number of benzene rings is 6. The number of rotatable bonds is 5. The summed E-state index contributed by atoms with van der Waals surface area (Å²) in [7, 11) is 0. The largest absolute Gasteiger partial charge is 0.354 e.